The number of hydrogen-bond donors (Lipinski definition) is 1. The maximum atomic E-state index is 6.23. The molecule has 2 rings (SSSR count). The monoisotopic (exact) mass is 359 g/mol. The van der Waals surface area contributed by atoms with Gasteiger partial charge in [0.05, 0.1) is 6.04 Å². The average Bonchev–Trinajstić information content (AvgIpc) is 2.62. The molecule has 4 heteroatoms. The second-order valence-electron chi connectivity index (χ2n) is 3.67. The van der Waals surface area contributed by atoms with Crippen molar-refractivity contribution in [2.24, 2.45) is 5.73 Å². The van der Waals surface area contributed by atoms with E-state index in [-0.39, 0.29) is 6.04 Å². The first kappa shape index (κ1) is 12.3. The molecule has 1 heterocycles. The van der Waals surface area contributed by atoms with Crippen LogP contribution in [0.2, 0.25) is 0 Å². The number of rotatable bonds is 2. The van der Waals surface area contributed by atoms with Crippen molar-refractivity contribution in [1.82, 2.24) is 0 Å². The summed E-state index contributed by atoms with van der Waals surface area (Å²) in [6.07, 6.45) is 0. The smallest absolute Gasteiger partial charge is 0.0560 e. The molecule has 0 radical (unpaired) electrons. The van der Waals surface area contributed by atoms with Gasteiger partial charge in [0.1, 0.15) is 0 Å². The normalized spacial score (nSPS) is 12.8. The van der Waals surface area contributed by atoms with Crippen LogP contribution in [-0.4, -0.2) is 0 Å². The molecule has 2 N–H and O–H groups in total. The van der Waals surface area contributed by atoms with Crippen LogP contribution in [0.1, 0.15) is 22.0 Å². The van der Waals surface area contributed by atoms with Crippen LogP contribution >= 0.6 is 43.2 Å². The Bertz CT molecular complexity index is 487. The van der Waals surface area contributed by atoms with Crippen LogP contribution in [0.25, 0.3) is 0 Å². The van der Waals surface area contributed by atoms with E-state index in [1.165, 1.54) is 10.4 Å². The number of halogens is 2. The molecular formula is C12H11Br2NS. The van der Waals surface area contributed by atoms with Crippen LogP contribution < -0.4 is 5.73 Å². The molecule has 0 aliphatic rings. The van der Waals surface area contributed by atoms with Gasteiger partial charge in [0.2, 0.25) is 0 Å². The predicted octanol–water partition coefficient (Wildman–Crippen LogP) is 4.63. The summed E-state index contributed by atoms with van der Waals surface area (Å²) in [5, 5.41) is 2.12. The van der Waals surface area contributed by atoms with Crippen molar-refractivity contribution in [1.29, 1.82) is 0 Å². The molecule has 1 aromatic heterocycles. The number of nitrogens with two attached hydrogens (primary N) is 1. The summed E-state index contributed by atoms with van der Waals surface area (Å²) in [4.78, 5) is 1.29. The van der Waals surface area contributed by atoms with Gasteiger partial charge in [-0.15, -0.1) is 11.3 Å². The fraction of sp³-hybridized carbons (Fsp3) is 0.167. The van der Waals surface area contributed by atoms with Gasteiger partial charge in [-0.25, -0.2) is 0 Å². The Labute approximate surface area is 116 Å². The van der Waals surface area contributed by atoms with Gasteiger partial charge in [0.15, 0.2) is 0 Å². The molecule has 0 saturated heterocycles. The lowest BCUT2D eigenvalue weighted by Gasteiger charge is -2.11. The number of hydrogen-bond acceptors (Lipinski definition) is 2. The van der Waals surface area contributed by atoms with Crippen molar-refractivity contribution in [3.63, 3.8) is 0 Å². The summed E-state index contributed by atoms with van der Waals surface area (Å²) >= 11 is 8.68. The van der Waals surface area contributed by atoms with Gasteiger partial charge in [-0.2, -0.15) is 0 Å². The lowest BCUT2D eigenvalue weighted by atomic mass is 10.0. The minimum Gasteiger partial charge on any atom is -0.320 e. The van der Waals surface area contributed by atoms with Gasteiger partial charge in [-0.05, 0) is 47.7 Å². The number of aryl methyl sites for hydroxylation is 1. The lowest BCUT2D eigenvalue weighted by Crippen LogP contribution is -2.10. The van der Waals surface area contributed by atoms with Crippen LogP contribution in [0.3, 0.4) is 0 Å². The van der Waals surface area contributed by atoms with Crippen molar-refractivity contribution in [2.45, 2.75) is 13.0 Å². The topological polar surface area (TPSA) is 26.0 Å². The average molecular weight is 361 g/mol. The van der Waals surface area contributed by atoms with Crippen molar-refractivity contribution in [3.05, 3.63) is 54.6 Å². The molecule has 1 aromatic carbocycles. The molecule has 1 atom stereocenters. The Kier molecular flexibility index (Phi) is 3.85. The van der Waals surface area contributed by atoms with Crippen LogP contribution in [0, 0.1) is 6.92 Å². The van der Waals surface area contributed by atoms with Gasteiger partial charge in [0, 0.05) is 13.8 Å². The van der Waals surface area contributed by atoms with E-state index in [9.17, 15) is 0 Å². The third kappa shape index (κ3) is 2.74. The minimum atomic E-state index is -0.0567. The molecule has 0 aliphatic carbocycles. The zero-order valence-corrected chi connectivity index (χ0v) is 12.7. The van der Waals surface area contributed by atoms with Gasteiger partial charge >= 0.3 is 0 Å². The maximum Gasteiger partial charge on any atom is 0.0560 e. The Morgan fingerprint density at radius 1 is 1.06 bits per heavy atom. The Morgan fingerprint density at radius 3 is 2.19 bits per heavy atom. The number of benzene rings is 1. The summed E-state index contributed by atoms with van der Waals surface area (Å²) in [6.45, 7) is 2.09. The van der Waals surface area contributed by atoms with Crippen LogP contribution in [-0.2, 0) is 0 Å². The summed E-state index contributed by atoms with van der Waals surface area (Å²) in [5.41, 5.74) is 8.52. The highest BCUT2D eigenvalue weighted by Gasteiger charge is 2.11. The Balaban J connectivity index is 2.37. The second-order valence-corrected chi connectivity index (χ2v) is 6.62. The molecule has 0 amide bonds. The SMILES string of the molecule is Cc1cc(C(N)c2cc(Br)cc(Br)c2)cs1. The van der Waals surface area contributed by atoms with E-state index in [1.54, 1.807) is 11.3 Å². The first-order valence-corrected chi connectivity index (χ1v) is 7.29. The molecule has 2 aromatic rings. The second kappa shape index (κ2) is 5.00. The highest BCUT2D eigenvalue weighted by molar-refractivity contribution is 9.11. The summed E-state index contributed by atoms with van der Waals surface area (Å²) < 4.78 is 2.08. The third-order valence-corrected chi connectivity index (χ3v) is 4.15. The molecule has 1 nitrogen and oxygen atoms in total. The van der Waals surface area contributed by atoms with E-state index in [4.69, 9.17) is 5.73 Å². The Hall–Kier alpha value is -0.160. The largest absolute Gasteiger partial charge is 0.320 e. The molecule has 0 saturated carbocycles. The summed E-state index contributed by atoms with van der Waals surface area (Å²) in [6, 6.07) is 8.21. The molecule has 0 aliphatic heterocycles. The van der Waals surface area contributed by atoms with E-state index in [0.29, 0.717) is 0 Å². The highest BCUT2D eigenvalue weighted by Crippen LogP contribution is 2.28. The lowest BCUT2D eigenvalue weighted by molar-refractivity contribution is 0.874. The van der Waals surface area contributed by atoms with Crippen LogP contribution in [0.4, 0.5) is 0 Å². The molecular weight excluding hydrogens is 350 g/mol. The highest BCUT2D eigenvalue weighted by atomic mass is 79.9. The molecule has 84 valence electrons. The molecule has 0 bridgehead atoms. The summed E-state index contributed by atoms with van der Waals surface area (Å²) in [7, 11) is 0. The van der Waals surface area contributed by atoms with Gasteiger partial charge in [-0.3, -0.25) is 0 Å². The van der Waals surface area contributed by atoms with Crippen molar-refractivity contribution in [2.75, 3.05) is 0 Å². The van der Waals surface area contributed by atoms with E-state index < -0.39 is 0 Å². The molecule has 16 heavy (non-hydrogen) atoms. The first-order valence-electron chi connectivity index (χ1n) is 4.83. The Morgan fingerprint density at radius 2 is 1.69 bits per heavy atom. The maximum absolute atomic E-state index is 6.23. The van der Waals surface area contributed by atoms with Gasteiger partial charge in [0.25, 0.3) is 0 Å². The van der Waals surface area contributed by atoms with Crippen LogP contribution in [0.15, 0.2) is 38.6 Å². The summed E-state index contributed by atoms with van der Waals surface area (Å²) in [5.74, 6) is 0. The fourth-order valence-electron chi connectivity index (χ4n) is 1.57. The zero-order valence-electron chi connectivity index (χ0n) is 8.71. The molecule has 0 spiro atoms. The van der Waals surface area contributed by atoms with Gasteiger partial charge < -0.3 is 5.73 Å². The third-order valence-electron chi connectivity index (χ3n) is 2.35. The van der Waals surface area contributed by atoms with E-state index in [2.05, 4.69) is 62.4 Å². The molecule has 0 fully saturated rings. The van der Waals surface area contributed by atoms with Crippen molar-refractivity contribution < 1.29 is 0 Å². The van der Waals surface area contributed by atoms with E-state index in [0.717, 1.165) is 14.5 Å². The molecule has 1 unspecified atom stereocenters. The predicted molar refractivity (Wildman–Crippen MR) is 76.9 cm³/mol. The van der Waals surface area contributed by atoms with Crippen molar-refractivity contribution >= 4 is 43.2 Å². The fourth-order valence-corrected chi connectivity index (χ4v) is 3.64. The first-order chi connectivity index (χ1) is 7.56. The number of thiophene rings is 1. The zero-order chi connectivity index (χ0) is 11.7. The quantitative estimate of drug-likeness (QED) is 0.830. The van der Waals surface area contributed by atoms with E-state index in [1.807, 2.05) is 6.07 Å². The van der Waals surface area contributed by atoms with Crippen molar-refractivity contribution in [3.8, 4) is 0 Å². The minimum absolute atomic E-state index is 0.0567. The standard InChI is InChI=1S/C12H11Br2NS/c1-7-2-9(6-16-7)12(15)8-3-10(13)5-11(14)4-8/h2-6,12H,15H2,1H3. The van der Waals surface area contributed by atoms with Gasteiger partial charge in [-0.1, -0.05) is 31.9 Å². The van der Waals surface area contributed by atoms with Crippen LogP contribution in [0.5, 0.6) is 0 Å². The van der Waals surface area contributed by atoms with E-state index >= 15 is 0 Å².